The molecule has 1 heterocycles. The van der Waals surface area contributed by atoms with Crippen LogP contribution in [0.4, 0.5) is 0 Å². The van der Waals surface area contributed by atoms with Crippen LogP contribution in [0.2, 0.25) is 0 Å². The third-order valence-electron chi connectivity index (χ3n) is 2.47. The molecule has 0 atom stereocenters. The van der Waals surface area contributed by atoms with Crippen molar-refractivity contribution in [3.63, 3.8) is 0 Å². The summed E-state index contributed by atoms with van der Waals surface area (Å²) in [6.45, 7) is 2.39. The number of aromatic amines is 1. The molecule has 2 rings (SSSR count). The summed E-state index contributed by atoms with van der Waals surface area (Å²) in [6, 6.07) is 6.32. The van der Waals surface area contributed by atoms with Gasteiger partial charge in [0.05, 0.1) is 11.0 Å². The van der Waals surface area contributed by atoms with E-state index in [9.17, 15) is 0 Å². The number of nitrogens with one attached hydrogen (secondary N) is 1. The third-order valence-corrected chi connectivity index (χ3v) is 3.43. The molecule has 2 N–H and O–H groups in total. The van der Waals surface area contributed by atoms with Crippen LogP contribution in [0.25, 0.3) is 11.0 Å². The van der Waals surface area contributed by atoms with Gasteiger partial charge in [-0.05, 0) is 30.5 Å². The molecule has 0 aliphatic carbocycles. The number of fused-ring (bicyclic) bond motifs is 1. The van der Waals surface area contributed by atoms with Crippen LogP contribution in [-0.4, -0.2) is 27.4 Å². The highest BCUT2D eigenvalue weighted by Crippen LogP contribution is 2.20. The molecule has 0 saturated heterocycles. The van der Waals surface area contributed by atoms with Gasteiger partial charge in [0.15, 0.2) is 5.16 Å². The SMILES string of the molecule is CCc1ccc2nc(SCCCO)[nH]c2c1. The van der Waals surface area contributed by atoms with Crippen molar-refractivity contribution in [2.45, 2.75) is 24.9 Å². The Kier molecular flexibility index (Phi) is 3.85. The number of aryl methyl sites for hydroxylation is 1. The molecule has 0 radical (unpaired) electrons. The highest BCUT2D eigenvalue weighted by atomic mass is 32.2. The molecule has 2 aromatic rings. The smallest absolute Gasteiger partial charge is 0.166 e. The maximum Gasteiger partial charge on any atom is 0.166 e. The number of aliphatic hydroxyl groups excluding tert-OH is 1. The molecule has 0 saturated carbocycles. The maximum atomic E-state index is 8.71. The number of H-pyrrole nitrogens is 1. The fourth-order valence-electron chi connectivity index (χ4n) is 1.56. The van der Waals surface area contributed by atoms with Gasteiger partial charge < -0.3 is 10.1 Å². The number of aliphatic hydroxyl groups is 1. The van der Waals surface area contributed by atoms with Gasteiger partial charge in [-0.2, -0.15) is 0 Å². The van der Waals surface area contributed by atoms with E-state index in [1.807, 2.05) is 0 Å². The number of imidazole rings is 1. The van der Waals surface area contributed by atoms with E-state index in [-0.39, 0.29) is 6.61 Å². The summed E-state index contributed by atoms with van der Waals surface area (Å²) in [7, 11) is 0. The molecular weight excluding hydrogens is 220 g/mol. The van der Waals surface area contributed by atoms with E-state index >= 15 is 0 Å². The summed E-state index contributed by atoms with van der Waals surface area (Å²) in [5.74, 6) is 0.900. The lowest BCUT2D eigenvalue weighted by Gasteiger charge is -1.94. The Hall–Kier alpha value is -1.00. The van der Waals surface area contributed by atoms with Crippen LogP contribution in [0, 0.1) is 0 Å². The molecule has 86 valence electrons. The molecule has 0 aliphatic heterocycles. The highest BCUT2D eigenvalue weighted by molar-refractivity contribution is 7.99. The zero-order valence-corrected chi connectivity index (χ0v) is 10.2. The molecule has 4 heteroatoms. The number of nitrogens with zero attached hydrogens (tertiary/aromatic N) is 1. The lowest BCUT2D eigenvalue weighted by molar-refractivity contribution is 0.296. The Morgan fingerprint density at radius 2 is 2.31 bits per heavy atom. The van der Waals surface area contributed by atoms with Gasteiger partial charge in [-0.1, -0.05) is 24.8 Å². The summed E-state index contributed by atoms with van der Waals surface area (Å²) >= 11 is 1.66. The second kappa shape index (κ2) is 5.37. The van der Waals surface area contributed by atoms with Gasteiger partial charge in [-0.25, -0.2) is 4.98 Å². The van der Waals surface area contributed by atoms with Crippen molar-refractivity contribution in [2.24, 2.45) is 0 Å². The number of benzene rings is 1. The van der Waals surface area contributed by atoms with E-state index in [1.54, 1.807) is 11.8 Å². The van der Waals surface area contributed by atoms with Crippen LogP contribution >= 0.6 is 11.8 Å². The minimum Gasteiger partial charge on any atom is -0.396 e. The van der Waals surface area contributed by atoms with Crippen molar-refractivity contribution in [2.75, 3.05) is 12.4 Å². The number of hydrogen-bond acceptors (Lipinski definition) is 3. The number of thioether (sulfide) groups is 1. The second-order valence-corrected chi connectivity index (χ2v) is 4.76. The van der Waals surface area contributed by atoms with E-state index in [4.69, 9.17) is 5.11 Å². The van der Waals surface area contributed by atoms with Crippen molar-refractivity contribution in [1.82, 2.24) is 9.97 Å². The van der Waals surface area contributed by atoms with E-state index in [0.717, 1.165) is 34.8 Å². The van der Waals surface area contributed by atoms with E-state index in [2.05, 4.69) is 35.1 Å². The Balaban J connectivity index is 2.16. The van der Waals surface area contributed by atoms with Crippen LogP contribution in [0.1, 0.15) is 18.9 Å². The average Bonchev–Trinajstić information content (AvgIpc) is 2.70. The summed E-state index contributed by atoms with van der Waals surface area (Å²) in [5.41, 5.74) is 3.44. The molecule has 0 aliphatic rings. The molecule has 0 bridgehead atoms. The van der Waals surface area contributed by atoms with Crippen molar-refractivity contribution >= 4 is 22.8 Å². The van der Waals surface area contributed by atoms with Crippen molar-refractivity contribution in [3.05, 3.63) is 23.8 Å². The summed E-state index contributed by atoms with van der Waals surface area (Å²) in [4.78, 5) is 7.79. The zero-order chi connectivity index (χ0) is 11.4. The predicted octanol–water partition coefficient (Wildman–Crippen LogP) is 2.60. The standard InChI is InChI=1S/C12H16N2OS/c1-2-9-4-5-10-11(8-9)14-12(13-10)16-7-3-6-15/h4-5,8,15H,2-3,6-7H2,1H3,(H,13,14). The summed E-state index contributed by atoms with van der Waals surface area (Å²) in [5, 5.41) is 9.65. The molecular formula is C12H16N2OS. The lowest BCUT2D eigenvalue weighted by Crippen LogP contribution is -1.85. The lowest BCUT2D eigenvalue weighted by atomic mass is 10.1. The minimum absolute atomic E-state index is 0.243. The second-order valence-electron chi connectivity index (χ2n) is 3.67. The van der Waals surface area contributed by atoms with Crippen LogP contribution < -0.4 is 0 Å². The third kappa shape index (κ3) is 2.57. The fraction of sp³-hybridized carbons (Fsp3) is 0.417. The maximum absolute atomic E-state index is 8.71. The predicted molar refractivity (Wildman–Crippen MR) is 67.9 cm³/mol. The molecule has 0 spiro atoms. The van der Waals surface area contributed by atoms with Crippen LogP contribution in [0.5, 0.6) is 0 Å². The fourth-order valence-corrected chi connectivity index (χ4v) is 2.37. The quantitative estimate of drug-likeness (QED) is 0.619. The molecule has 16 heavy (non-hydrogen) atoms. The summed E-state index contributed by atoms with van der Waals surface area (Å²) < 4.78 is 0. The van der Waals surface area contributed by atoms with Gasteiger partial charge in [0.2, 0.25) is 0 Å². The van der Waals surface area contributed by atoms with Gasteiger partial charge in [-0.15, -0.1) is 0 Å². The first-order chi connectivity index (χ1) is 7.83. The topological polar surface area (TPSA) is 48.9 Å². The van der Waals surface area contributed by atoms with Crippen molar-refractivity contribution < 1.29 is 5.11 Å². The first-order valence-electron chi connectivity index (χ1n) is 5.55. The Morgan fingerprint density at radius 3 is 3.06 bits per heavy atom. The monoisotopic (exact) mass is 236 g/mol. The number of rotatable bonds is 5. The van der Waals surface area contributed by atoms with E-state index < -0.39 is 0 Å². The normalized spacial score (nSPS) is 11.1. The molecule has 1 aromatic heterocycles. The van der Waals surface area contributed by atoms with Gasteiger partial charge in [0.25, 0.3) is 0 Å². The molecule has 3 nitrogen and oxygen atoms in total. The Labute approximate surface area is 99.3 Å². The molecule has 0 unspecified atom stereocenters. The Bertz CT molecular complexity index is 467. The van der Waals surface area contributed by atoms with Gasteiger partial charge in [0, 0.05) is 12.4 Å². The van der Waals surface area contributed by atoms with Crippen LogP contribution in [-0.2, 0) is 6.42 Å². The van der Waals surface area contributed by atoms with Gasteiger partial charge >= 0.3 is 0 Å². The van der Waals surface area contributed by atoms with Gasteiger partial charge in [0.1, 0.15) is 0 Å². The Morgan fingerprint density at radius 1 is 1.44 bits per heavy atom. The summed E-state index contributed by atoms with van der Waals surface area (Å²) in [6.07, 6.45) is 1.85. The molecule has 0 fully saturated rings. The largest absolute Gasteiger partial charge is 0.396 e. The number of hydrogen-bond donors (Lipinski definition) is 2. The van der Waals surface area contributed by atoms with E-state index in [0.29, 0.717) is 0 Å². The first-order valence-corrected chi connectivity index (χ1v) is 6.54. The van der Waals surface area contributed by atoms with Crippen LogP contribution in [0.15, 0.2) is 23.4 Å². The van der Waals surface area contributed by atoms with Crippen molar-refractivity contribution in [1.29, 1.82) is 0 Å². The van der Waals surface area contributed by atoms with Gasteiger partial charge in [-0.3, -0.25) is 0 Å². The van der Waals surface area contributed by atoms with E-state index in [1.165, 1.54) is 5.56 Å². The molecule has 0 amide bonds. The minimum atomic E-state index is 0.243. The van der Waals surface area contributed by atoms with Crippen molar-refractivity contribution in [3.8, 4) is 0 Å². The number of aromatic nitrogens is 2. The first kappa shape index (κ1) is 11.5. The van der Waals surface area contributed by atoms with Crippen LogP contribution in [0.3, 0.4) is 0 Å². The average molecular weight is 236 g/mol. The zero-order valence-electron chi connectivity index (χ0n) is 9.36. The highest BCUT2D eigenvalue weighted by Gasteiger charge is 2.03. The molecule has 1 aromatic carbocycles.